The van der Waals surface area contributed by atoms with Gasteiger partial charge in [-0.1, -0.05) is 19.1 Å². The molecule has 1 aromatic heterocycles. The van der Waals surface area contributed by atoms with Crippen LogP contribution in [0.1, 0.15) is 35.4 Å². The van der Waals surface area contributed by atoms with Gasteiger partial charge in [-0.25, -0.2) is 0 Å². The van der Waals surface area contributed by atoms with Crippen LogP contribution in [0, 0.1) is 0 Å². The van der Waals surface area contributed by atoms with Crippen LogP contribution in [0.4, 0.5) is 0 Å². The number of carbonyl (C=O) groups is 1. The molecule has 1 aliphatic heterocycles. The minimum Gasteiger partial charge on any atom is -0.508 e. The number of thiophene rings is 1. The molecule has 1 aliphatic rings. The van der Waals surface area contributed by atoms with Gasteiger partial charge >= 0.3 is 0 Å². The van der Waals surface area contributed by atoms with Gasteiger partial charge in [0.25, 0.3) is 0 Å². The maximum atomic E-state index is 12.6. The number of rotatable bonds is 3. The van der Waals surface area contributed by atoms with E-state index in [1.807, 2.05) is 17.0 Å². The summed E-state index contributed by atoms with van der Waals surface area (Å²) in [5.41, 5.74) is 2.27. The summed E-state index contributed by atoms with van der Waals surface area (Å²) in [6, 6.07) is 9.26. The predicted octanol–water partition coefficient (Wildman–Crippen LogP) is 3.53. The predicted molar refractivity (Wildman–Crippen MR) is 84.6 cm³/mol. The Labute approximate surface area is 128 Å². The number of amides is 1. The summed E-state index contributed by atoms with van der Waals surface area (Å²) >= 11 is 1.80. The highest BCUT2D eigenvalue weighted by Gasteiger charge is 2.30. The molecule has 0 radical (unpaired) electrons. The lowest BCUT2D eigenvalue weighted by Gasteiger charge is -2.35. The molecule has 3 rings (SSSR count). The van der Waals surface area contributed by atoms with Gasteiger partial charge in [-0.05, 0) is 47.5 Å². The number of carbonyl (C=O) groups excluding carboxylic acids is 1. The Morgan fingerprint density at radius 3 is 2.81 bits per heavy atom. The van der Waals surface area contributed by atoms with E-state index >= 15 is 0 Å². The third kappa shape index (κ3) is 2.81. The van der Waals surface area contributed by atoms with Crippen molar-refractivity contribution in [3.8, 4) is 5.75 Å². The first-order valence-corrected chi connectivity index (χ1v) is 8.20. The molecule has 0 spiro atoms. The van der Waals surface area contributed by atoms with Crippen molar-refractivity contribution in [1.82, 2.24) is 4.90 Å². The Bertz CT molecular complexity index is 632. The molecular formula is C17H19NO2S. The summed E-state index contributed by atoms with van der Waals surface area (Å²) in [7, 11) is 0. The molecule has 0 fully saturated rings. The lowest BCUT2D eigenvalue weighted by Crippen LogP contribution is -2.40. The van der Waals surface area contributed by atoms with Crippen LogP contribution in [-0.2, 0) is 17.6 Å². The van der Waals surface area contributed by atoms with E-state index in [0.29, 0.717) is 6.42 Å². The first kappa shape index (κ1) is 14.1. The number of nitrogens with zero attached hydrogens (tertiary/aromatic N) is 1. The highest BCUT2D eigenvalue weighted by molar-refractivity contribution is 7.10. The van der Waals surface area contributed by atoms with Gasteiger partial charge in [0, 0.05) is 11.4 Å². The average Bonchev–Trinajstić information content (AvgIpc) is 2.97. The molecule has 0 saturated carbocycles. The van der Waals surface area contributed by atoms with Gasteiger partial charge in [-0.2, -0.15) is 0 Å². The Morgan fingerprint density at radius 2 is 2.10 bits per heavy atom. The van der Waals surface area contributed by atoms with Crippen molar-refractivity contribution in [3.05, 3.63) is 51.7 Å². The van der Waals surface area contributed by atoms with Crippen molar-refractivity contribution in [2.24, 2.45) is 0 Å². The van der Waals surface area contributed by atoms with Crippen LogP contribution in [0.15, 0.2) is 35.7 Å². The SMILES string of the molecule is CCC1c2ccsc2CCN1C(=O)Cc1ccc(O)cc1. The highest BCUT2D eigenvalue weighted by Crippen LogP contribution is 2.35. The number of aromatic hydroxyl groups is 1. The van der Waals surface area contributed by atoms with Crippen LogP contribution in [0.5, 0.6) is 5.75 Å². The van der Waals surface area contributed by atoms with Crippen LogP contribution >= 0.6 is 11.3 Å². The van der Waals surface area contributed by atoms with Gasteiger partial charge in [-0.3, -0.25) is 4.79 Å². The van der Waals surface area contributed by atoms with E-state index < -0.39 is 0 Å². The van der Waals surface area contributed by atoms with Crippen LogP contribution < -0.4 is 0 Å². The number of hydrogen-bond acceptors (Lipinski definition) is 3. The molecule has 2 heterocycles. The Kier molecular flexibility index (Phi) is 3.97. The Balaban J connectivity index is 1.77. The fourth-order valence-corrected chi connectivity index (χ4v) is 3.95. The number of phenolic OH excluding ortho intramolecular Hbond substituents is 1. The molecule has 21 heavy (non-hydrogen) atoms. The highest BCUT2D eigenvalue weighted by atomic mass is 32.1. The monoisotopic (exact) mass is 301 g/mol. The maximum Gasteiger partial charge on any atom is 0.227 e. The second-order valence-corrected chi connectivity index (χ2v) is 6.40. The van der Waals surface area contributed by atoms with E-state index in [-0.39, 0.29) is 17.7 Å². The molecule has 0 saturated heterocycles. The molecule has 1 aromatic carbocycles. The molecule has 2 aromatic rings. The summed E-state index contributed by atoms with van der Waals surface area (Å²) in [6.07, 6.45) is 2.31. The van der Waals surface area contributed by atoms with Crippen LogP contribution in [0.2, 0.25) is 0 Å². The lowest BCUT2D eigenvalue weighted by molar-refractivity contribution is -0.133. The van der Waals surface area contributed by atoms with Crippen molar-refractivity contribution in [3.63, 3.8) is 0 Å². The first-order valence-electron chi connectivity index (χ1n) is 7.32. The van der Waals surface area contributed by atoms with Gasteiger partial charge in [0.1, 0.15) is 5.75 Å². The molecule has 1 atom stereocenters. The minimum atomic E-state index is 0.171. The van der Waals surface area contributed by atoms with Gasteiger partial charge < -0.3 is 10.0 Å². The largest absolute Gasteiger partial charge is 0.508 e. The van der Waals surface area contributed by atoms with Gasteiger partial charge in [0.15, 0.2) is 0 Å². The number of fused-ring (bicyclic) bond motifs is 1. The summed E-state index contributed by atoms with van der Waals surface area (Å²) in [4.78, 5) is 16.1. The smallest absolute Gasteiger partial charge is 0.227 e. The van der Waals surface area contributed by atoms with Crippen molar-refractivity contribution < 1.29 is 9.90 Å². The van der Waals surface area contributed by atoms with Gasteiger partial charge in [0.05, 0.1) is 12.5 Å². The van der Waals surface area contributed by atoms with Gasteiger partial charge in [0.2, 0.25) is 5.91 Å². The fraction of sp³-hybridized carbons (Fsp3) is 0.353. The minimum absolute atomic E-state index is 0.171. The van der Waals surface area contributed by atoms with Crippen molar-refractivity contribution >= 4 is 17.2 Å². The topological polar surface area (TPSA) is 40.5 Å². The second kappa shape index (κ2) is 5.90. The standard InChI is InChI=1S/C17H19NO2S/c1-2-15-14-8-10-21-16(14)7-9-18(15)17(20)11-12-3-5-13(19)6-4-12/h3-6,8,10,15,19H,2,7,9,11H2,1H3. The normalized spacial score (nSPS) is 17.6. The summed E-state index contributed by atoms with van der Waals surface area (Å²) in [5, 5.41) is 11.4. The molecule has 0 bridgehead atoms. The van der Waals surface area contributed by atoms with Crippen LogP contribution in [0.25, 0.3) is 0 Å². The third-order valence-corrected chi connectivity index (χ3v) is 5.09. The van der Waals surface area contributed by atoms with Crippen LogP contribution in [0.3, 0.4) is 0 Å². The zero-order chi connectivity index (χ0) is 14.8. The molecular weight excluding hydrogens is 282 g/mol. The molecule has 3 nitrogen and oxygen atoms in total. The Morgan fingerprint density at radius 1 is 1.33 bits per heavy atom. The summed E-state index contributed by atoms with van der Waals surface area (Å²) < 4.78 is 0. The molecule has 1 unspecified atom stereocenters. The lowest BCUT2D eigenvalue weighted by atomic mass is 9.97. The van der Waals surface area contributed by atoms with Gasteiger partial charge in [-0.15, -0.1) is 11.3 Å². The molecule has 1 N–H and O–H groups in total. The van der Waals surface area contributed by atoms with Crippen LogP contribution in [-0.4, -0.2) is 22.5 Å². The quantitative estimate of drug-likeness (QED) is 0.942. The third-order valence-electron chi connectivity index (χ3n) is 4.09. The second-order valence-electron chi connectivity index (χ2n) is 5.40. The summed E-state index contributed by atoms with van der Waals surface area (Å²) in [6.45, 7) is 2.95. The number of phenols is 1. The zero-order valence-corrected chi connectivity index (χ0v) is 12.9. The molecule has 1 amide bonds. The molecule has 0 aliphatic carbocycles. The van der Waals surface area contributed by atoms with E-state index in [9.17, 15) is 9.90 Å². The van der Waals surface area contributed by atoms with E-state index in [0.717, 1.165) is 24.9 Å². The van der Waals surface area contributed by atoms with E-state index in [1.54, 1.807) is 23.5 Å². The van der Waals surface area contributed by atoms with Crippen molar-refractivity contribution in [1.29, 1.82) is 0 Å². The molecule has 110 valence electrons. The molecule has 4 heteroatoms. The van der Waals surface area contributed by atoms with Crippen molar-refractivity contribution in [2.75, 3.05) is 6.54 Å². The van der Waals surface area contributed by atoms with E-state index in [2.05, 4.69) is 18.4 Å². The zero-order valence-electron chi connectivity index (χ0n) is 12.1. The summed E-state index contributed by atoms with van der Waals surface area (Å²) in [5.74, 6) is 0.405. The maximum absolute atomic E-state index is 12.6. The number of benzene rings is 1. The number of hydrogen-bond donors (Lipinski definition) is 1. The Hall–Kier alpha value is -1.81. The van der Waals surface area contributed by atoms with Crippen molar-refractivity contribution in [2.45, 2.75) is 32.2 Å². The first-order chi connectivity index (χ1) is 10.2. The van der Waals surface area contributed by atoms with E-state index in [1.165, 1.54) is 10.4 Å². The van der Waals surface area contributed by atoms with E-state index in [4.69, 9.17) is 0 Å². The fourth-order valence-electron chi connectivity index (χ4n) is 3.03. The average molecular weight is 301 g/mol.